The van der Waals surface area contributed by atoms with Gasteiger partial charge in [-0.1, -0.05) is 52.4 Å². The number of hydrogen-bond acceptors (Lipinski definition) is 4. The Morgan fingerprint density at radius 3 is 1.30 bits per heavy atom. The maximum absolute atomic E-state index is 11.8. The normalized spacial score (nSPS) is 12.6. The zero-order valence-electron chi connectivity index (χ0n) is 14.8. The van der Waals surface area contributed by atoms with Crippen molar-refractivity contribution in [1.82, 2.24) is 5.32 Å². The van der Waals surface area contributed by atoms with Crippen molar-refractivity contribution >= 4 is 19.7 Å². The summed E-state index contributed by atoms with van der Waals surface area (Å²) in [5, 5.41) is 4.07. The Labute approximate surface area is 143 Å². The van der Waals surface area contributed by atoms with Gasteiger partial charge in [0.25, 0.3) is 0 Å². The molecule has 0 unspecified atom stereocenters. The molecule has 0 saturated carbocycles. The van der Waals surface area contributed by atoms with Gasteiger partial charge in [-0.3, -0.25) is 0 Å². The van der Waals surface area contributed by atoms with Gasteiger partial charge in [0, 0.05) is 13.1 Å². The van der Waals surface area contributed by atoms with Crippen LogP contribution in [0.1, 0.15) is 65.2 Å². The molecule has 0 saturated heterocycles. The van der Waals surface area contributed by atoms with Crippen molar-refractivity contribution in [3.05, 3.63) is 0 Å². The Kier molecular flexibility index (Phi) is 13.1. The third-order valence-electron chi connectivity index (χ3n) is 3.74. The minimum absolute atomic E-state index is 0.0374. The first-order valence-electron chi connectivity index (χ1n) is 8.87. The van der Waals surface area contributed by atoms with Gasteiger partial charge in [0.1, 0.15) is 0 Å². The van der Waals surface area contributed by atoms with Crippen LogP contribution in [0.25, 0.3) is 0 Å². The summed E-state index contributed by atoms with van der Waals surface area (Å²) in [7, 11) is -6.08. The molecule has 0 rings (SSSR count). The van der Waals surface area contributed by atoms with Gasteiger partial charge < -0.3 is 0 Å². The van der Waals surface area contributed by atoms with Gasteiger partial charge in [0.15, 0.2) is 19.7 Å². The summed E-state index contributed by atoms with van der Waals surface area (Å²) in [6.45, 7) is 4.60. The molecule has 0 fully saturated rings. The Morgan fingerprint density at radius 2 is 0.957 bits per heavy atom. The summed E-state index contributed by atoms with van der Waals surface area (Å²) in [6, 6.07) is 0. The number of sulfone groups is 2. The molecule has 0 aromatic rings. The molecule has 0 heterocycles. The summed E-state index contributed by atoms with van der Waals surface area (Å²) >= 11 is 0. The van der Waals surface area contributed by atoms with Crippen molar-refractivity contribution in [2.45, 2.75) is 65.2 Å². The van der Waals surface area contributed by atoms with Crippen LogP contribution in [-0.4, -0.2) is 52.9 Å². The molecule has 0 bridgehead atoms. The second-order valence-electron chi connectivity index (χ2n) is 6.10. The molecular formula is C16H34NO4S2. The molecule has 0 N–H and O–H groups in total. The van der Waals surface area contributed by atoms with Crippen LogP contribution < -0.4 is 5.32 Å². The van der Waals surface area contributed by atoms with Crippen LogP contribution in [0, 0.1) is 0 Å². The van der Waals surface area contributed by atoms with Crippen LogP contribution in [0.5, 0.6) is 0 Å². The van der Waals surface area contributed by atoms with Gasteiger partial charge >= 0.3 is 0 Å². The smallest absolute Gasteiger partial charge is 0.151 e. The summed E-state index contributed by atoms with van der Waals surface area (Å²) < 4.78 is 47.1. The van der Waals surface area contributed by atoms with E-state index in [0.717, 1.165) is 38.5 Å². The van der Waals surface area contributed by atoms with Crippen molar-refractivity contribution in [2.24, 2.45) is 0 Å². The first kappa shape index (κ1) is 22.9. The van der Waals surface area contributed by atoms with Gasteiger partial charge in [-0.05, 0) is 12.8 Å². The van der Waals surface area contributed by atoms with Crippen molar-refractivity contribution in [2.75, 3.05) is 36.1 Å². The zero-order valence-corrected chi connectivity index (χ0v) is 16.4. The van der Waals surface area contributed by atoms with E-state index in [1.165, 1.54) is 0 Å². The predicted molar refractivity (Wildman–Crippen MR) is 97.5 cm³/mol. The quantitative estimate of drug-likeness (QED) is 0.392. The van der Waals surface area contributed by atoms with Gasteiger partial charge in [0.2, 0.25) is 0 Å². The maximum Gasteiger partial charge on any atom is 0.151 e. The standard InChI is InChI=1S/C16H34NO4S2/c1-3-5-7-9-13-22(18,19)15-11-17-12-16-23(20,21)14-10-8-6-4-2/h3-16H2,1-2H3. The van der Waals surface area contributed by atoms with Crippen molar-refractivity contribution in [3.63, 3.8) is 0 Å². The minimum Gasteiger partial charge on any atom is -0.240 e. The third kappa shape index (κ3) is 15.1. The van der Waals surface area contributed by atoms with Crippen LogP contribution >= 0.6 is 0 Å². The van der Waals surface area contributed by atoms with Gasteiger partial charge in [-0.25, -0.2) is 22.2 Å². The molecule has 0 aromatic heterocycles. The van der Waals surface area contributed by atoms with Crippen LogP contribution in [-0.2, 0) is 19.7 Å². The lowest BCUT2D eigenvalue weighted by molar-refractivity contribution is 0.580. The summed E-state index contributed by atoms with van der Waals surface area (Å²) in [5.74, 6) is 0.516. The molecule has 5 nitrogen and oxygen atoms in total. The van der Waals surface area contributed by atoms with E-state index in [2.05, 4.69) is 19.2 Å². The Balaban J connectivity index is 3.74. The van der Waals surface area contributed by atoms with Crippen molar-refractivity contribution in [3.8, 4) is 0 Å². The second kappa shape index (κ2) is 13.2. The SMILES string of the molecule is CCCCCCS(=O)(=O)CC[N]CCS(=O)(=O)CCCCCC. The molecule has 23 heavy (non-hydrogen) atoms. The molecule has 0 atom stereocenters. The average molecular weight is 369 g/mol. The predicted octanol–water partition coefficient (Wildman–Crippen LogP) is 2.58. The Hall–Kier alpha value is -0.140. The third-order valence-corrected chi connectivity index (χ3v) is 7.17. The summed E-state index contributed by atoms with van der Waals surface area (Å²) in [6.07, 6.45) is 7.62. The lowest BCUT2D eigenvalue weighted by Gasteiger charge is -2.06. The molecule has 1 radical (unpaired) electrons. The molecular weight excluding hydrogens is 334 g/mol. The largest absolute Gasteiger partial charge is 0.240 e. The molecule has 0 amide bonds. The van der Waals surface area contributed by atoms with Crippen LogP contribution in [0.15, 0.2) is 0 Å². The Bertz CT molecular complexity index is 428. The number of rotatable bonds is 16. The van der Waals surface area contributed by atoms with E-state index in [9.17, 15) is 16.8 Å². The number of hydrogen-bond donors (Lipinski definition) is 0. The molecule has 0 aliphatic heterocycles. The second-order valence-corrected chi connectivity index (χ2v) is 10.7. The van der Waals surface area contributed by atoms with E-state index in [-0.39, 0.29) is 36.1 Å². The van der Waals surface area contributed by atoms with Crippen LogP contribution in [0.3, 0.4) is 0 Å². The average Bonchev–Trinajstić information content (AvgIpc) is 2.48. The van der Waals surface area contributed by atoms with Crippen molar-refractivity contribution in [1.29, 1.82) is 0 Å². The van der Waals surface area contributed by atoms with Gasteiger partial charge in [0.05, 0.1) is 23.0 Å². The minimum atomic E-state index is -3.04. The van der Waals surface area contributed by atoms with Crippen molar-refractivity contribution < 1.29 is 16.8 Å². The van der Waals surface area contributed by atoms with E-state index < -0.39 is 19.7 Å². The molecule has 0 aliphatic carbocycles. The molecule has 7 heteroatoms. The maximum atomic E-state index is 11.8. The zero-order chi connectivity index (χ0) is 17.6. The lowest BCUT2D eigenvalue weighted by Crippen LogP contribution is -2.25. The highest BCUT2D eigenvalue weighted by atomic mass is 32.2. The number of nitrogens with zero attached hydrogens (tertiary/aromatic N) is 1. The molecule has 0 spiro atoms. The fourth-order valence-corrected chi connectivity index (χ4v) is 4.73. The van der Waals surface area contributed by atoms with Gasteiger partial charge in [-0.2, -0.15) is 0 Å². The topological polar surface area (TPSA) is 82.4 Å². The summed E-state index contributed by atoms with van der Waals surface area (Å²) in [4.78, 5) is 0. The Morgan fingerprint density at radius 1 is 0.565 bits per heavy atom. The first-order valence-corrected chi connectivity index (χ1v) is 12.5. The summed E-state index contributed by atoms with van der Waals surface area (Å²) in [5.41, 5.74) is 0. The van der Waals surface area contributed by atoms with E-state index >= 15 is 0 Å². The van der Waals surface area contributed by atoms with E-state index in [1.54, 1.807) is 0 Å². The monoisotopic (exact) mass is 368 g/mol. The lowest BCUT2D eigenvalue weighted by atomic mass is 10.2. The van der Waals surface area contributed by atoms with Crippen LogP contribution in [0.4, 0.5) is 0 Å². The fraction of sp³-hybridized carbons (Fsp3) is 1.00. The highest BCUT2D eigenvalue weighted by Crippen LogP contribution is 2.04. The van der Waals surface area contributed by atoms with E-state index in [0.29, 0.717) is 12.8 Å². The molecule has 0 aromatic carbocycles. The number of unbranched alkanes of at least 4 members (excludes halogenated alkanes) is 6. The van der Waals surface area contributed by atoms with Gasteiger partial charge in [-0.15, -0.1) is 0 Å². The highest BCUT2D eigenvalue weighted by molar-refractivity contribution is 7.91. The van der Waals surface area contributed by atoms with E-state index in [1.807, 2.05) is 0 Å². The fourth-order valence-electron chi connectivity index (χ4n) is 2.22. The first-order chi connectivity index (χ1) is 10.8. The molecule has 0 aliphatic rings. The van der Waals surface area contributed by atoms with Crippen LogP contribution in [0.2, 0.25) is 0 Å². The highest BCUT2D eigenvalue weighted by Gasteiger charge is 2.12. The molecule has 139 valence electrons. The van der Waals surface area contributed by atoms with E-state index in [4.69, 9.17) is 0 Å².